The van der Waals surface area contributed by atoms with Crippen LogP contribution in [0.1, 0.15) is 38.5 Å². The van der Waals surface area contributed by atoms with Gasteiger partial charge in [-0.05, 0) is 31.6 Å². The number of hydrogen-bond donors (Lipinski definition) is 1. The van der Waals surface area contributed by atoms with Crippen molar-refractivity contribution in [1.29, 1.82) is 0 Å². The largest absolute Gasteiger partial charge is 0.381 e. The highest BCUT2D eigenvalue weighted by Gasteiger charge is 2.54. The Labute approximate surface area is 147 Å². The Hall–Kier alpha value is -0.790. The fourth-order valence-electron chi connectivity index (χ4n) is 4.85. The van der Waals surface area contributed by atoms with Crippen molar-refractivity contribution in [2.45, 2.75) is 56.1 Å². The molecule has 0 bridgehead atoms. The molecule has 3 heterocycles. The first-order valence-electron chi connectivity index (χ1n) is 9.59. The second kappa shape index (κ2) is 6.74. The summed E-state index contributed by atoms with van der Waals surface area (Å²) in [7, 11) is 0. The number of nitrogens with zero attached hydrogens (tertiary/aromatic N) is 1. The van der Waals surface area contributed by atoms with Crippen molar-refractivity contribution in [2.24, 2.45) is 11.8 Å². The Morgan fingerprint density at radius 2 is 1.84 bits per heavy atom. The number of nitrogens with one attached hydrogen (secondary N) is 1. The number of rotatable bonds is 5. The van der Waals surface area contributed by atoms with Crippen LogP contribution >= 0.6 is 0 Å². The second-order valence-corrected chi connectivity index (χ2v) is 8.19. The van der Waals surface area contributed by atoms with Crippen LogP contribution in [0, 0.1) is 11.8 Å². The van der Waals surface area contributed by atoms with Gasteiger partial charge >= 0.3 is 0 Å². The Balaban J connectivity index is 1.20. The minimum Gasteiger partial charge on any atom is -0.381 e. The number of likely N-dealkylation sites (tertiary alicyclic amines) is 1. The van der Waals surface area contributed by atoms with Gasteiger partial charge in [0.2, 0.25) is 11.8 Å². The third kappa shape index (κ3) is 3.55. The number of hydrogen-bond acceptors (Lipinski definition) is 4. The summed E-state index contributed by atoms with van der Waals surface area (Å²) in [5.41, 5.74) is -0.0491. The minimum atomic E-state index is -2.63. The van der Waals surface area contributed by atoms with E-state index in [4.69, 9.17) is 9.47 Å². The fraction of sp³-hybridized carbons (Fsp3) is 0.944. The molecule has 0 aromatic carbocycles. The molecule has 1 atom stereocenters. The molecular weight excluding hydrogens is 330 g/mol. The molecule has 0 unspecified atom stereocenters. The van der Waals surface area contributed by atoms with E-state index in [-0.39, 0.29) is 24.3 Å². The first kappa shape index (κ1) is 17.6. The zero-order valence-corrected chi connectivity index (χ0v) is 14.6. The minimum absolute atomic E-state index is 0.0491. The van der Waals surface area contributed by atoms with Gasteiger partial charge in [0.25, 0.3) is 0 Å². The lowest BCUT2D eigenvalue weighted by molar-refractivity contribution is -0.157. The summed E-state index contributed by atoms with van der Waals surface area (Å²) in [5, 5.41) is 2.85. The van der Waals surface area contributed by atoms with Crippen LogP contribution in [0.3, 0.4) is 0 Å². The topological polar surface area (TPSA) is 50.8 Å². The van der Waals surface area contributed by atoms with Crippen molar-refractivity contribution in [1.82, 2.24) is 10.2 Å². The summed E-state index contributed by atoms with van der Waals surface area (Å²) in [4.78, 5) is 14.4. The van der Waals surface area contributed by atoms with Gasteiger partial charge in [-0.3, -0.25) is 9.69 Å². The number of ether oxygens (including phenoxy) is 2. The molecule has 3 aliphatic heterocycles. The van der Waals surface area contributed by atoms with Gasteiger partial charge in [0, 0.05) is 64.3 Å². The number of amides is 1. The van der Waals surface area contributed by atoms with Crippen LogP contribution in [0.25, 0.3) is 0 Å². The number of carbonyl (C=O) groups excluding carboxylic acids is 1. The summed E-state index contributed by atoms with van der Waals surface area (Å²) in [5.74, 6) is -2.90. The van der Waals surface area contributed by atoms with Crippen LogP contribution in [-0.2, 0) is 14.3 Å². The maximum atomic E-state index is 12.9. The average molecular weight is 358 g/mol. The SMILES string of the molecule is O=C(NCC[C@H]1CCOC12CN(C1CCOCC1)C2)C1CC(F)(F)C1. The number of alkyl halides is 2. The molecule has 5 nitrogen and oxygen atoms in total. The predicted octanol–water partition coefficient (Wildman–Crippen LogP) is 1.81. The maximum Gasteiger partial charge on any atom is 0.249 e. The molecule has 1 spiro atoms. The van der Waals surface area contributed by atoms with Crippen LogP contribution in [-0.4, -0.2) is 67.8 Å². The number of carbonyl (C=O) groups is 1. The summed E-state index contributed by atoms with van der Waals surface area (Å²) >= 11 is 0. The third-order valence-electron chi connectivity index (χ3n) is 6.50. The monoisotopic (exact) mass is 358 g/mol. The van der Waals surface area contributed by atoms with Gasteiger partial charge < -0.3 is 14.8 Å². The zero-order chi connectivity index (χ0) is 17.5. The Morgan fingerprint density at radius 3 is 2.52 bits per heavy atom. The molecule has 142 valence electrons. The molecule has 1 amide bonds. The van der Waals surface area contributed by atoms with E-state index in [0.29, 0.717) is 18.5 Å². The van der Waals surface area contributed by atoms with Gasteiger partial charge in [0.1, 0.15) is 0 Å². The summed E-state index contributed by atoms with van der Waals surface area (Å²) in [6, 6.07) is 0.615. The molecule has 7 heteroatoms. The Bertz CT molecular complexity index is 497. The smallest absolute Gasteiger partial charge is 0.249 e. The van der Waals surface area contributed by atoms with E-state index in [9.17, 15) is 13.6 Å². The van der Waals surface area contributed by atoms with Gasteiger partial charge in [-0.25, -0.2) is 8.78 Å². The lowest BCUT2D eigenvalue weighted by atomic mass is 9.77. The Morgan fingerprint density at radius 1 is 1.12 bits per heavy atom. The highest BCUT2D eigenvalue weighted by molar-refractivity contribution is 5.79. The highest BCUT2D eigenvalue weighted by atomic mass is 19.3. The molecule has 4 aliphatic rings. The van der Waals surface area contributed by atoms with Crippen molar-refractivity contribution >= 4 is 5.91 Å². The molecular formula is C18H28F2N2O3. The van der Waals surface area contributed by atoms with Gasteiger partial charge in [0.15, 0.2) is 0 Å². The zero-order valence-electron chi connectivity index (χ0n) is 14.6. The molecule has 0 aromatic rings. The predicted molar refractivity (Wildman–Crippen MR) is 87.5 cm³/mol. The van der Waals surface area contributed by atoms with Crippen LogP contribution in [0.15, 0.2) is 0 Å². The standard InChI is InChI=1S/C18H28F2N2O3/c19-18(20)9-13(10-18)16(23)21-5-1-14-2-8-25-17(14)11-22(12-17)15-3-6-24-7-4-15/h13-15H,1-12H2,(H,21,23)/t14-/m0/s1. The van der Waals surface area contributed by atoms with Crippen LogP contribution < -0.4 is 5.32 Å². The highest BCUT2D eigenvalue weighted by Crippen LogP contribution is 2.44. The van der Waals surface area contributed by atoms with Crippen molar-refractivity contribution in [2.75, 3.05) is 39.5 Å². The third-order valence-corrected chi connectivity index (χ3v) is 6.50. The van der Waals surface area contributed by atoms with Crippen molar-refractivity contribution in [3.63, 3.8) is 0 Å². The lowest BCUT2D eigenvalue weighted by Gasteiger charge is -2.54. The van der Waals surface area contributed by atoms with Crippen LogP contribution in [0.4, 0.5) is 8.78 Å². The van der Waals surface area contributed by atoms with Crippen LogP contribution in [0.5, 0.6) is 0 Å². The first-order valence-corrected chi connectivity index (χ1v) is 9.59. The summed E-state index contributed by atoms with van der Waals surface area (Å²) in [6.45, 7) is 5.01. The van der Waals surface area contributed by atoms with E-state index < -0.39 is 11.8 Å². The summed E-state index contributed by atoms with van der Waals surface area (Å²) < 4.78 is 37.2. The van der Waals surface area contributed by atoms with Crippen molar-refractivity contribution in [3.8, 4) is 0 Å². The van der Waals surface area contributed by atoms with E-state index in [0.717, 1.165) is 58.6 Å². The van der Waals surface area contributed by atoms with E-state index >= 15 is 0 Å². The molecule has 4 rings (SSSR count). The fourth-order valence-corrected chi connectivity index (χ4v) is 4.85. The van der Waals surface area contributed by atoms with E-state index in [1.54, 1.807) is 0 Å². The van der Waals surface area contributed by atoms with E-state index in [2.05, 4.69) is 10.2 Å². The van der Waals surface area contributed by atoms with Gasteiger partial charge in [-0.2, -0.15) is 0 Å². The lowest BCUT2D eigenvalue weighted by Crippen LogP contribution is -2.67. The molecule has 4 fully saturated rings. The maximum absolute atomic E-state index is 12.9. The molecule has 1 saturated carbocycles. The van der Waals surface area contributed by atoms with Gasteiger partial charge in [-0.1, -0.05) is 0 Å². The van der Waals surface area contributed by atoms with Gasteiger partial charge in [-0.15, -0.1) is 0 Å². The van der Waals surface area contributed by atoms with Crippen molar-refractivity contribution < 1.29 is 23.0 Å². The first-order chi connectivity index (χ1) is 12.0. The summed E-state index contributed by atoms with van der Waals surface area (Å²) in [6.07, 6.45) is 3.51. The molecule has 1 N–H and O–H groups in total. The molecule has 1 aliphatic carbocycles. The van der Waals surface area contributed by atoms with Crippen molar-refractivity contribution in [3.05, 3.63) is 0 Å². The van der Waals surface area contributed by atoms with Gasteiger partial charge in [0.05, 0.1) is 5.60 Å². The normalized spacial score (nSPS) is 32.3. The number of halogens is 2. The molecule has 0 radical (unpaired) electrons. The van der Waals surface area contributed by atoms with E-state index in [1.165, 1.54) is 0 Å². The molecule has 25 heavy (non-hydrogen) atoms. The second-order valence-electron chi connectivity index (χ2n) is 8.19. The Kier molecular flexibility index (Phi) is 4.75. The molecule has 3 saturated heterocycles. The van der Waals surface area contributed by atoms with E-state index in [1.807, 2.05) is 0 Å². The average Bonchev–Trinajstić information content (AvgIpc) is 2.95. The van der Waals surface area contributed by atoms with Crippen LogP contribution in [0.2, 0.25) is 0 Å². The molecule has 0 aromatic heterocycles. The quantitative estimate of drug-likeness (QED) is 0.814.